The normalized spacial score (nSPS) is 10.2. The Bertz CT molecular complexity index is 457. The summed E-state index contributed by atoms with van der Waals surface area (Å²) in [5.74, 6) is 0.488. The summed E-state index contributed by atoms with van der Waals surface area (Å²) in [6.45, 7) is 0. The molecule has 4 heteroatoms. The van der Waals surface area contributed by atoms with Crippen LogP contribution in [0.25, 0.3) is 0 Å². The van der Waals surface area contributed by atoms with Crippen molar-refractivity contribution < 1.29 is 0 Å². The van der Waals surface area contributed by atoms with E-state index in [0.29, 0.717) is 16.8 Å². The number of halogens is 1. The van der Waals surface area contributed by atoms with E-state index in [0.717, 1.165) is 5.69 Å². The quantitative estimate of drug-likeness (QED) is 0.906. The number of nitrogens with zero attached hydrogens (tertiary/aromatic N) is 2. The van der Waals surface area contributed by atoms with Crippen LogP contribution in [-0.4, -0.2) is 9.97 Å². The van der Waals surface area contributed by atoms with Gasteiger partial charge in [-0.05, 0) is 21.5 Å². The van der Waals surface area contributed by atoms with E-state index in [1.807, 2.05) is 30.3 Å². The predicted octanol–water partition coefficient (Wildman–Crippen LogP) is 2.41. The van der Waals surface area contributed by atoms with Crippen LogP contribution in [0, 0.1) is 0 Å². The molecular formula is C11H10BrN3. The predicted molar refractivity (Wildman–Crippen MR) is 63.4 cm³/mol. The molecule has 1 aromatic carbocycles. The Morgan fingerprint density at radius 1 is 1.20 bits per heavy atom. The van der Waals surface area contributed by atoms with Crippen molar-refractivity contribution in [2.24, 2.45) is 0 Å². The van der Waals surface area contributed by atoms with Crippen LogP contribution >= 0.6 is 15.9 Å². The number of hydrogen-bond acceptors (Lipinski definition) is 3. The van der Waals surface area contributed by atoms with Gasteiger partial charge in [0.15, 0.2) is 0 Å². The summed E-state index contributed by atoms with van der Waals surface area (Å²) in [6, 6.07) is 10.1. The van der Waals surface area contributed by atoms with Crippen molar-refractivity contribution in [2.45, 2.75) is 6.42 Å². The molecule has 0 bridgehead atoms. The highest BCUT2D eigenvalue weighted by molar-refractivity contribution is 9.10. The van der Waals surface area contributed by atoms with E-state index in [-0.39, 0.29) is 0 Å². The number of rotatable bonds is 2. The lowest BCUT2D eigenvalue weighted by molar-refractivity contribution is 1.02. The van der Waals surface area contributed by atoms with Crippen molar-refractivity contribution >= 4 is 21.7 Å². The zero-order valence-electron chi connectivity index (χ0n) is 8.02. The molecule has 0 aliphatic carbocycles. The Morgan fingerprint density at radius 2 is 1.93 bits per heavy atom. The third-order valence-corrected chi connectivity index (χ3v) is 2.44. The van der Waals surface area contributed by atoms with Gasteiger partial charge >= 0.3 is 0 Å². The minimum atomic E-state index is 0.488. The maximum absolute atomic E-state index is 5.74. The molecule has 1 heterocycles. The lowest BCUT2D eigenvalue weighted by Crippen LogP contribution is -2.01. The van der Waals surface area contributed by atoms with Gasteiger partial charge in [0.1, 0.15) is 10.4 Å². The molecule has 0 saturated carbocycles. The standard InChI is InChI=1S/C11H10BrN3/c12-10-7-14-11(13)9(15-10)6-8-4-2-1-3-5-8/h1-5,7H,6H2,(H2,13,14). The van der Waals surface area contributed by atoms with E-state index in [1.165, 1.54) is 5.56 Å². The summed E-state index contributed by atoms with van der Waals surface area (Å²) >= 11 is 3.28. The first-order valence-corrected chi connectivity index (χ1v) is 5.36. The topological polar surface area (TPSA) is 51.8 Å². The summed E-state index contributed by atoms with van der Waals surface area (Å²) in [5.41, 5.74) is 7.72. The molecule has 0 saturated heterocycles. The molecular weight excluding hydrogens is 254 g/mol. The van der Waals surface area contributed by atoms with Crippen molar-refractivity contribution in [2.75, 3.05) is 5.73 Å². The van der Waals surface area contributed by atoms with E-state index in [4.69, 9.17) is 5.73 Å². The SMILES string of the molecule is Nc1ncc(Br)nc1Cc1ccccc1. The van der Waals surface area contributed by atoms with Crippen LogP contribution in [0.3, 0.4) is 0 Å². The second kappa shape index (κ2) is 4.40. The summed E-state index contributed by atoms with van der Waals surface area (Å²) in [7, 11) is 0. The maximum Gasteiger partial charge on any atom is 0.145 e. The molecule has 0 fully saturated rings. The molecule has 0 aliphatic heterocycles. The van der Waals surface area contributed by atoms with E-state index in [1.54, 1.807) is 6.20 Å². The first-order chi connectivity index (χ1) is 7.25. The summed E-state index contributed by atoms with van der Waals surface area (Å²) in [6.07, 6.45) is 2.31. The molecule has 0 radical (unpaired) electrons. The fraction of sp³-hybridized carbons (Fsp3) is 0.0909. The molecule has 2 rings (SSSR count). The van der Waals surface area contributed by atoms with Crippen molar-refractivity contribution in [3.05, 3.63) is 52.4 Å². The van der Waals surface area contributed by atoms with Gasteiger partial charge in [-0.3, -0.25) is 0 Å². The fourth-order valence-electron chi connectivity index (χ4n) is 1.33. The van der Waals surface area contributed by atoms with E-state index in [9.17, 15) is 0 Å². The molecule has 2 aromatic rings. The zero-order chi connectivity index (χ0) is 10.7. The molecule has 0 amide bonds. The minimum absolute atomic E-state index is 0.488. The number of nitrogen functional groups attached to an aromatic ring is 1. The lowest BCUT2D eigenvalue weighted by Gasteiger charge is -2.04. The van der Waals surface area contributed by atoms with E-state index >= 15 is 0 Å². The van der Waals surface area contributed by atoms with Gasteiger partial charge in [0.2, 0.25) is 0 Å². The molecule has 0 spiro atoms. The van der Waals surface area contributed by atoms with Crippen molar-refractivity contribution in [1.82, 2.24) is 9.97 Å². The molecule has 0 aliphatic rings. The Kier molecular flexibility index (Phi) is 2.97. The van der Waals surface area contributed by atoms with E-state index < -0.39 is 0 Å². The lowest BCUT2D eigenvalue weighted by atomic mass is 10.1. The molecule has 1 aromatic heterocycles. The number of aromatic nitrogens is 2. The van der Waals surface area contributed by atoms with Crippen LogP contribution in [0.15, 0.2) is 41.1 Å². The third-order valence-electron chi connectivity index (χ3n) is 2.06. The average Bonchev–Trinajstić information content (AvgIpc) is 2.25. The second-order valence-corrected chi connectivity index (χ2v) is 4.00. The monoisotopic (exact) mass is 263 g/mol. The molecule has 0 atom stereocenters. The summed E-state index contributed by atoms with van der Waals surface area (Å²) in [4.78, 5) is 8.34. The first kappa shape index (κ1) is 10.1. The molecule has 15 heavy (non-hydrogen) atoms. The number of benzene rings is 1. The molecule has 0 unspecified atom stereocenters. The highest BCUT2D eigenvalue weighted by atomic mass is 79.9. The van der Waals surface area contributed by atoms with Crippen LogP contribution < -0.4 is 5.73 Å². The van der Waals surface area contributed by atoms with Crippen molar-refractivity contribution in [3.8, 4) is 0 Å². The fourth-order valence-corrected chi connectivity index (χ4v) is 1.65. The van der Waals surface area contributed by atoms with Gasteiger partial charge in [0.05, 0.1) is 11.9 Å². The van der Waals surface area contributed by atoms with Gasteiger partial charge in [-0.15, -0.1) is 0 Å². The van der Waals surface area contributed by atoms with Crippen LogP contribution in [0.4, 0.5) is 5.82 Å². The third kappa shape index (κ3) is 2.53. The Labute approximate surface area is 96.5 Å². The van der Waals surface area contributed by atoms with Gasteiger partial charge in [-0.2, -0.15) is 0 Å². The largest absolute Gasteiger partial charge is 0.382 e. The van der Waals surface area contributed by atoms with Crippen molar-refractivity contribution in [3.63, 3.8) is 0 Å². The second-order valence-electron chi connectivity index (χ2n) is 3.19. The van der Waals surface area contributed by atoms with Crippen LogP contribution in [0.5, 0.6) is 0 Å². The Morgan fingerprint density at radius 3 is 2.67 bits per heavy atom. The number of nitrogens with two attached hydrogens (primary N) is 1. The highest BCUT2D eigenvalue weighted by Gasteiger charge is 2.04. The molecule has 76 valence electrons. The maximum atomic E-state index is 5.74. The minimum Gasteiger partial charge on any atom is -0.382 e. The number of hydrogen-bond donors (Lipinski definition) is 1. The summed E-state index contributed by atoms with van der Waals surface area (Å²) in [5, 5.41) is 0. The van der Waals surface area contributed by atoms with E-state index in [2.05, 4.69) is 25.9 Å². The smallest absolute Gasteiger partial charge is 0.145 e. The van der Waals surface area contributed by atoms with Crippen LogP contribution in [0.2, 0.25) is 0 Å². The zero-order valence-corrected chi connectivity index (χ0v) is 9.61. The van der Waals surface area contributed by atoms with Gasteiger partial charge in [0.25, 0.3) is 0 Å². The van der Waals surface area contributed by atoms with Crippen LogP contribution in [-0.2, 0) is 6.42 Å². The highest BCUT2D eigenvalue weighted by Crippen LogP contribution is 2.14. The van der Waals surface area contributed by atoms with Crippen LogP contribution in [0.1, 0.15) is 11.3 Å². The Hall–Kier alpha value is -1.42. The van der Waals surface area contributed by atoms with Gasteiger partial charge in [-0.1, -0.05) is 30.3 Å². The van der Waals surface area contributed by atoms with Gasteiger partial charge in [-0.25, -0.2) is 9.97 Å². The van der Waals surface area contributed by atoms with Crippen molar-refractivity contribution in [1.29, 1.82) is 0 Å². The van der Waals surface area contributed by atoms with Gasteiger partial charge in [0, 0.05) is 6.42 Å². The number of anilines is 1. The van der Waals surface area contributed by atoms with Gasteiger partial charge < -0.3 is 5.73 Å². The molecule has 3 nitrogen and oxygen atoms in total. The summed E-state index contributed by atoms with van der Waals surface area (Å²) < 4.78 is 0.711. The Balaban J connectivity index is 2.28. The first-order valence-electron chi connectivity index (χ1n) is 4.56. The average molecular weight is 264 g/mol. The molecule has 2 N–H and O–H groups in total.